The predicted octanol–water partition coefficient (Wildman–Crippen LogP) is 4.48. The number of nitrogens with one attached hydrogen (secondary N) is 1. The average molecular weight is 389 g/mol. The van der Waals surface area contributed by atoms with Crippen LogP contribution in [0.2, 0.25) is 5.02 Å². The third-order valence-corrected chi connectivity index (χ3v) is 5.32. The van der Waals surface area contributed by atoms with E-state index in [4.69, 9.17) is 11.6 Å². The number of rotatable bonds is 3. The van der Waals surface area contributed by atoms with Crippen LogP contribution in [0.3, 0.4) is 0 Å². The van der Waals surface area contributed by atoms with E-state index in [1.807, 2.05) is 0 Å². The molecule has 2 aliphatic rings. The lowest BCUT2D eigenvalue weighted by Gasteiger charge is -2.31. The molecule has 1 aromatic carbocycles. The largest absolute Gasteiger partial charge is 0.418 e. The average Bonchev–Trinajstić information content (AvgIpc) is 2.98. The highest BCUT2D eigenvalue weighted by atomic mass is 35.5. The van der Waals surface area contributed by atoms with Crippen molar-refractivity contribution in [3.05, 3.63) is 28.8 Å². The van der Waals surface area contributed by atoms with E-state index < -0.39 is 23.6 Å². The van der Waals surface area contributed by atoms with Crippen molar-refractivity contribution in [1.29, 1.82) is 0 Å². The zero-order valence-electron chi connectivity index (χ0n) is 14.1. The normalized spacial score (nSPS) is 21.9. The second-order valence-electron chi connectivity index (χ2n) is 6.92. The molecule has 4 nitrogen and oxygen atoms in total. The second-order valence-corrected chi connectivity index (χ2v) is 7.35. The van der Waals surface area contributed by atoms with Crippen LogP contribution in [0.25, 0.3) is 0 Å². The van der Waals surface area contributed by atoms with Gasteiger partial charge in [0.1, 0.15) is 0 Å². The number of benzene rings is 1. The maximum absolute atomic E-state index is 13.2. The van der Waals surface area contributed by atoms with Crippen LogP contribution >= 0.6 is 11.6 Å². The first-order valence-electron chi connectivity index (χ1n) is 8.73. The number of amides is 2. The van der Waals surface area contributed by atoms with Gasteiger partial charge in [0.05, 0.1) is 17.2 Å². The molecule has 1 aromatic rings. The Bertz CT molecular complexity index is 702. The van der Waals surface area contributed by atoms with Gasteiger partial charge < -0.3 is 10.2 Å². The fraction of sp³-hybridized carbons (Fsp3) is 0.556. The van der Waals surface area contributed by atoms with Crippen molar-refractivity contribution >= 4 is 29.1 Å². The Balaban J connectivity index is 1.70. The number of halogens is 4. The first kappa shape index (κ1) is 19.0. The van der Waals surface area contributed by atoms with E-state index in [2.05, 4.69) is 5.32 Å². The van der Waals surface area contributed by atoms with Crippen molar-refractivity contribution in [2.24, 2.45) is 5.92 Å². The predicted molar refractivity (Wildman–Crippen MR) is 91.8 cm³/mol. The molecule has 142 valence electrons. The third kappa shape index (κ3) is 4.14. The SMILES string of the molecule is O=C(Nc1ccc(Cl)cc1C(F)(F)F)C1CC(=O)N(C2CCCCC2)C1. The molecule has 26 heavy (non-hydrogen) atoms. The number of nitrogens with zero attached hydrogens (tertiary/aromatic N) is 1. The smallest absolute Gasteiger partial charge is 0.339 e. The standard InChI is InChI=1S/C18H20ClF3N2O2/c19-12-6-7-15(14(9-12)18(20,21)22)23-17(26)11-8-16(25)24(10-11)13-4-2-1-3-5-13/h6-7,9,11,13H,1-5,8,10H2,(H,23,26). The highest BCUT2D eigenvalue weighted by Crippen LogP contribution is 2.37. The number of likely N-dealkylation sites (tertiary alicyclic amines) is 1. The van der Waals surface area contributed by atoms with Gasteiger partial charge in [0, 0.05) is 24.0 Å². The number of hydrogen-bond donors (Lipinski definition) is 1. The quantitative estimate of drug-likeness (QED) is 0.830. The second kappa shape index (κ2) is 7.47. The lowest BCUT2D eigenvalue weighted by Crippen LogP contribution is -2.38. The number of anilines is 1. The Labute approximate surface area is 154 Å². The van der Waals surface area contributed by atoms with Crippen molar-refractivity contribution in [2.45, 2.75) is 50.7 Å². The first-order valence-corrected chi connectivity index (χ1v) is 9.10. The monoisotopic (exact) mass is 388 g/mol. The van der Waals surface area contributed by atoms with Gasteiger partial charge in [0.25, 0.3) is 0 Å². The molecule has 1 N–H and O–H groups in total. The molecule has 8 heteroatoms. The van der Waals surface area contributed by atoms with Gasteiger partial charge >= 0.3 is 6.18 Å². The van der Waals surface area contributed by atoms with Crippen molar-refractivity contribution in [1.82, 2.24) is 4.90 Å². The van der Waals surface area contributed by atoms with Gasteiger partial charge in [0.15, 0.2) is 0 Å². The van der Waals surface area contributed by atoms with E-state index in [1.165, 1.54) is 6.07 Å². The summed E-state index contributed by atoms with van der Waals surface area (Å²) in [6, 6.07) is 3.36. The topological polar surface area (TPSA) is 49.4 Å². The lowest BCUT2D eigenvalue weighted by atomic mass is 9.94. The summed E-state index contributed by atoms with van der Waals surface area (Å²) < 4.78 is 39.5. The van der Waals surface area contributed by atoms with Crippen molar-refractivity contribution < 1.29 is 22.8 Å². The molecule has 0 aromatic heterocycles. The van der Waals surface area contributed by atoms with E-state index in [0.29, 0.717) is 0 Å². The van der Waals surface area contributed by atoms with Crippen LogP contribution in [0, 0.1) is 5.92 Å². The molecule has 0 bridgehead atoms. The maximum Gasteiger partial charge on any atom is 0.418 e. The zero-order chi connectivity index (χ0) is 18.9. The van der Waals surface area contributed by atoms with Gasteiger partial charge in [-0.05, 0) is 31.0 Å². The Morgan fingerprint density at radius 3 is 2.54 bits per heavy atom. The van der Waals surface area contributed by atoms with Gasteiger partial charge in [-0.25, -0.2) is 0 Å². The summed E-state index contributed by atoms with van der Waals surface area (Å²) in [6.45, 7) is 0.268. The third-order valence-electron chi connectivity index (χ3n) is 5.09. The number of carbonyl (C=O) groups is 2. The first-order chi connectivity index (χ1) is 12.3. The lowest BCUT2D eigenvalue weighted by molar-refractivity contribution is -0.137. The van der Waals surface area contributed by atoms with E-state index >= 15 is 0 Å². The fourth-order valence-corrected chi connectivity index (χ4v) is 3.92. The number of alkyl halides is 3. The van der Waals surface area contributed by atoms with Crippen LogP contribution in [0.5, 0.6) is 0 Å². The Morgan fingerprint density at radius 1 is 1.19 bits per heavy atom. The molecule has 1 saturated heterocycles. The molecule has 0 spiro atoms. The van der Waals surface area contributed by atoms with Crippen LogP contribution in [0.4, 0.5) is 18.9 Å². The molecule has 1 saturated carbocycles. The molecule has 1 heterocycles. The minimum Gasteiger partial charge on any atom is -0.339 e. The molecule has 0 radical (unpaired) electrons. The van der Waals surface area contributed by atoms with Crippen LogP contribution in [0.1, 0.15) is 44.1 Å². The van der Waals surface area contributed by atoms with Crippen LogP contribution in [0.15, 0.2) is 18.2 Å². The molecule has 1 atom stereocenters. The number of carbonyl (C=O) groups excluding carboxylic acids is 2. The van der Waals surface area contributed by atoms with Gasteiger partial charge in [-0.1, -0.05) is 30.9 Å². The van der Waals surface area contributed by atoms with E-state index in [0.717, 1.165) is 44.2 Å². The van der Waals surface area contributed by atoms with Crippen molar-refractivity contribution in [3.8, 4) is 0 Å². The Kier molecular flexibility index (Phi) is 5.46. The van der Waals surface area contributed by atoms with Crippen molar-refractivity contribution in [3.63, 3.8) is 0 Å². The summed E-state index contributed by atoms with van der Waals surface area (Å²) in [5.74, 6) is -1.30. The molecular formula is C18H20ClF3N2O2. The summed E-state index contributed by atoms with van der Waals surface area (Å²) in [6.07, 6.45) is 0.532. The molecule has 1 unspecified atom stereocenters. The Morgan fingerprint density at radius 2 is 1.88 bits per heavy atom. The van der Waals surface area contributed by atoms with Crippen molar-refractivity contribution in [2.75, 3.05) is 11.9 Å². The molecule has 1 aliphatic heterocycles. The van der Waals surface area contributed by atoms with Crippen LogP contribution in [-0.2, 0) is 15.8 Å². The van der Waals surface area contributed by atoms with Gasteiger partial charge in [-0.15, -0.1) is 0 Å². The number of hydrogen-bond acceptors (Lipinski definition) is 2. The minimum absolute atomic E-state index is 0.0390. The molecular weight excluding hydrogens is 369 g/mol. The van der Waals surface area contributed by atoms with Crippen LogP contribution < -0.4 is 5.32 Å². The summed E-state index contributed by atoms with van der Waals surface area (Å²) in [7, 11) is 0. The van der Waals surface area contributed by atoms with E-state index in [1.54, 1.807) is 4.90 Å². The Hall–Kier alpha value is -1.76. The highest BCUT2D eigenvalue weighted by molar-refractivity contribution is 6.30. The van der Waals surface area contributed by atoms with E-state index in [9.17, 15) is 22.8 Å². The summed E-state index contributed by atoms with van der Waals surface area (Å²) in [5.41, 5.74) is -1.33. The minimum atomic E-state index is -4.63. The highest BCUT2D eigenvalue weighted by Gasteiger charge is 2.39. The van der Waals surface area contributed by atoms with Crippen LogP contribution in [-0.4, -0.2) is 29.3 Å². The van der Waals surface area contributed by atoms with Gasteiger partial charge in [0.2, 0.25) is 11.8 Å². The summed E-state index contributed by atoms with van der Waals surface area (Å²) >= 11 is 5.65. The van der Waals surface area contributed by atoms with Gasteiger partial charge in [-0.3, -0.25) is 9.59 Å². The maximum atomic E-state index is 13.2. The fourth-order valence-electron chi connectivity index (χ4n) is 3.75. The van der Waals surface area contributed by atoms with E-state index in [-0.39, 0.29) is 35.6 Å². The van der Waals surface area contributed by atoms with Gasteiger partial charge in [-0.2, -0.15) is 13.2 Å². The summed E-state index contributed by atoms with van der Waals surface area (Å²) in [5, 5.41) is 2.27. The summed E-state index contributed by atoms with van der Waals surface area (Å²) in [4.78, 5) is 26.5. The molecule has 1 aliphatic carbocycles. The molecule has 2 fully saturated rings. The molecule has 3 rings (SSSR count). The zero-order valence-corrected chi connectivity index (χ0v) is 14.9. The molecule has 2 amide bonds.